The zero-order chi connectivity index (χ0) is 14.8. The Bertz CT molecular complexity index is 572. The summed E-state index contributed by atoms with van der Waals surface area (Å²) in [6, 6.07) is 3.41. The van der Waals surface area contributed by atoms with Gasteiger partial charge in [0.1, 0.15) is 11.6 Å². The lowest BCUT2D eigenvalue weighted by Crippen LogP contribution is -2.34. The zero-order valence-corrected chi connectivity index (χ0v) is 12.7. The molecule has 0 aliphatic rings. The lowest BCUT2D eigenvalue weighted by atomic mass is 10.2. The van der Waals surface area contributed by atoms with Crippen LogP contribution in [0.1, 0.15) is 39.6 Å². The summed E-state index contributed by atoms with van der Waals surface area (Å²) < 4.78 is 10.3. The fourth-order valence-electron chi connectivity index (χ4n) is 1.46. The second kappa shape index (κ2) is 5.62. The van der Waals surface area contributed by atoms with E-state index in [9.17, 15) is 4.79 Å². The van der Waals surface area contributed by atoms with Crippen LogP contribution in [0.15, 0.2) is 22.0 Å². The second-order valence-electron chi connectivity index (χ2n) is 5.30. The summed E-state index contributed by atoms with van der Waals surface area (Å²) in [5, 5.41) is 8.49. The molecule has 0 unspecified atom stereocenters. The van der Waals surface area contributed by atoms with Crippen molar-refractivity contribution in [3.8, 4) is 10.7 Å². The van der Waals surface area contributed by atoms with Crippen molar-refractivity contribution < 1.29 is 14.1 Å². The Kier molecular flexibility index (Phi) is 4.08. The van der Waals surface area contributed by atoms with E-state index in [2.05, 4.69) is 15.5 Å². The zero-order valence-electron chi connectivity index (χ0n) is 11.8. The number of rotatable bonds is 3. The first-order valence-electron chi connectivity index (χ1n) is 6.22. The molecule has 0 saturated carbocycles. The van der Waals surface area contributed by atoms with Gasteiger partial charge in [0.25, 0.3) is 0 Å². The van der Waals surface area contributed by atoms with Crippen LogP contribution < -0.4 is 5.32 Å². The first-order valence-corrected chi connectivity index (χ1v) is 7.10. The van der Waals surface area contributed by atoms with Crippen LogP contribution in [0.3, 0.4) is 0 Å². The molecule has 2 rings (SSSR count). The van der Waals surface area contributed by atoms with Crippen molar-refractivity contribution in [1.29, 1.82) is 0 Å². The highest BCUT2D eigenvalue weighted by Crippen LogP contribution is 2.23. The van der Waals surface area contributed by atoms with Crippen LogP contribution in [0.5, 0.6) is 0 Å². The van der Waals surface area contributed by atoms with Crippen molar-refractivity contribution in [2.45, 2.75) is 39.3 Å². The SMILES string of the molecule is C[C@H](NC(=O)OC(C)(C)C)c1nc(-c2cccs2)no1. The van der Waals surface area contributed by atoms with Crippen LogP contribution >= 0.6 is 11.3 Å². The van der Waals surface area contributed by atoms with E-state index in [1.165, 1.54) is 11.3 Å². The summed E-state index contributed by atoms with van der Waals surface area (Å²) in [4.78, 5) is 16.8. The summed E-state index contributed by atoms with van der Waals surface area (Å²) in [6.45, 7) is 7.17. The van der Waals surface area contributed by atoms with E-state index in [0.717, 1.165) is 4.88 Å². The average molecular weight is 295 g/mol. The Morgan fingerprint density at radius 2 is 2.25 bits per heavy atom. The number of hydrogen-bond donors (Lipinski definition) is 1. The van der Waals surface area contributed by atoms with Gasteiger partial charge in [0.15, 0.2) is 0 Å². The van der Waals surface area contributed by atoms with Crippen molar-refractivity contribution in [2.75, 3.05) is 0 Å². The predicted molar refractivity (Wildman–Crippen MR) is 75.4 cm³/mol. The lowest BCUT2D eigenvalue weighted by molar-refractivity contribution is 0.0499. The number of nitrogens with zero attached hydrogens (tertiary/aromatic N) is 2. The minimum atomic E-state index is -0.541. The third-order valence-electron chi connectivity index (χ3n) is 2.29. The second-order valence-corrected chi connectivity index (χ2v) is 6.25. The average Bonchev–Trinajstić information content (AvgIpc) is 2.97. The Hall–Kier alpha value is -1.89. The summed E-state index contributed by atoms with van der Waals surface area (Å²) in [5.74, 6) is 0.868. The fraction of sp³-hybridized carbons (Fsp3) is 0.462. The van der Waals surface area contributed by atoms with Crippen LogP contribution in [0, 0.1) is 0 Å². The smallest absolute Gasteiger partial charge is 0.408 e. The molecule has 0 bridgehead atoms. The fourth-order valence-corrected chi connectivity index (χ4v) is 2.11. The van der Waals surface area contributed by atoms with Gasteiger partial charge >= 0.3 is 6.09 Å². The molecule has 0 aliphatic carbocycles. The van der Waals surface area contributed by atoms with Crippen molar-refractivity contribution in [3.05, 3.63) is 23.4 Å². The molecule has 0 saturated heterocycles. The molecule has 0 spiro atoms. The van der Waals surface area contributed by atoms with E-state index in [1.54, 1.807) is 27.7 Å². The normalized spacial score (nSPS) is 13.0. The maximum absolute atomic E-state index is 11.7. The van der Waals surface area contributed by atoms with Crippen LogP contribution in [0.4, 0.5) is 4.79 Å². The maximum atomic E-state index is 11.7. The van der Waals surface area contributed by atoms with Crippen LogP contribution in [0.25, 0.3) is 10.7 Å². The van der Waals surface area contributed by atoms with Gasteiger partial charge in [0, 0.05) is 0 Å². The lowest BCUT2D eigenvalue weighted by Gasteiger charge is -2.20. The molecule has 0 aromatic carbocycles. The molecule has 0 aliphatic heterocycles. The van der Waals surface area contributed by atoms with E-state index in [4.69, 9.17) is 9.26 Å². The summed E-state index contributed by atoms with van der Waals surface area (Å²) in [5.41, 5.74) is -0.541. The van der Waals surface area contributed by atoms with Gasteiger partial charge < -0.3 is 14.6 Å². The first-order chi connectivity index (χ1) is 9.35. The number of ether oxygens (including phenoxy) is 1. The molecule has 7 heteroatoms. The molecule has 0 fully saturated rings. The minimum Gasteiger partial charge on any atom is -0.444 e. The molecular formula is C13H17N3O3S. The molecule has 1 amide bonds. The Balaban J connectivity index is 2.00. The number of carbonyl (C=O) groups is 1. The number of alkyl carbamates (subject to hydrolysis) is 1. The van der Waals surface area contributed by atoms with Gasteiger partial charge in [-0.3, -0.25) is 0 Å². The molecule has 1 atom stereocenters. The van der Waals surface area contributed by atoms with Crippen molar-refractivity contribution in [2.24, 2.45) is 0 Å². The van der Waals surface area contributed by atoms with Gasteiger partial charge in [-0.1, -0.05) is 11.2 Å². The Morgan fingerprint density at radius 1 is 1.50 bits per heavy atom. The van der Waals surface area contributed by atoms with E-state index in [-0.39, 0.29) is 0 Å². The standard InChI is InChI=1S/C13H17N3O3S/c1-8(14-12(17)18-13(2,3)4)11-15-10(16-19-11)9-6-5-7-20-9/h5-8H,1-4H3,(H,14,17)/t8-/m0/s1. The largest absolute Gasteiger partial charge is 0.444 e. The molecule has 2 aromatic rings. The number of thiophene rings is 1. The molecule has 2 aromatic heterocycles. The van der Waals surface area contributed by atoms with Crippen molar-refractivity contribution >= 4 is 17.4 Å². The van der Waals surface area contributed by atoms with Gasteiger partial charge in [-0.25, -0.2) is 4.79 Å². The number of aromatic nitrogens is 2. The first kappa shape index (κ1) is 14.5. The highest BCUT2D eigenvalue weighted by Gasteiger charge is 2.21. The summed E-state index contributed by atoms with van der Waals surface area (Å²) in [6.07, 6.45) is -0.513. The van der Waals surface area contributed by atoms with Gasteiger partial charge in [-0.2, -0.15) is 4.98 Å². The molecule has 1 N–H and O–H groups in total. The quantitative estimate of drug-likeness (QED) is 0.939. The molecule has 20 heavy (non-hydrogen) atoms. The molecule has 2 heterocycles. The third kappa shape index (κ3) is 3.80. The maximum Gasteiger partial charge on any atom is 0.408 e. The van der Waals surface area contributed by atoms with Crippen LogP contribution in [0.2, 0.25) is 0 Å². The van der Waals surface area contributed by atoms with E-state index in [0.29, 0.717) is 11.7 Å². The number of hydrogen-bond acceptors (Lipinski definition) is 6. The Morgan fingerprint density at radius 3 is 2.85 bits per heavy atom. The topological polar surface area (TPSA) is 77.2 Å². The highest BCUT2D eigenvalue weighted by atomic mass is 32.1. The van der Waals surface area contributed by atoms with Crippen molar-refractivity contribution in [3.63, 3.8) is 0 Å². The molecule has 0 radical (unpaired) electrons. The summed E-state index contributed by atoms with van der Waals surface area (Å²) >= 11 is 1.53. The monoisotopic (exact) mass is 295 g/mol. The number of amides is 1. The Labute approximate surface area is 121 Å². The molecule has 6 nitrogen and oxygen atoms in total. The van der Waals surface area contributed by atoms with E-state index < -0.39 is 17.7 Å². The number of carbonyl (C=O) groups excluding carboxylic acids is 1. The van der Waals surface area contributed by atoms with Crippen LogP contribution in [-0.2, 0) is 4.74 Å². The number of nitrogens with one attached hydrogen (secondary N) is 1. The van der Waals surface area contributed by atoms with E-state index in [1.807, 2.05) is 17.5 Å². The predicted octanol–water partition coefficient (Wildman–Crippen LogP) is 3.38. The van der Waals surface area contributed by atoms with Crippen LogP contribution in [-0.4, -0.2) is 21.8 Å². The third-order valence-corrected chi connectivity index (χ3v) is 3.15. The summed E-state index contributed by atoms with van der Waals surface area (Å²) in [7, 11) is 0. The highest BCUT2D eigenvalue weighted by molar-refractivity contribution is 7.13. The minimum absolute atomic E-state index is 0.347. The molecular weight excluding hydrogens is 278 g/mol. The van der Waals surface area contributed by atoms with Gasteiger partial charge in [0.05, 0.1) is 4.88 Å². The van der Waals surface area contributed by atoms with Gasteiger partial charge in [-0.05, 0) is 39.1 Å². The van der Waals surface area contributed by atoms with Gasteiger partial charge in [0.2, 0.25) is 11.7 Å². The van der Waals surface area contributed by atoms with Gasteiger partial charge in [-0.15, -0.1) is 11.3 Å². The molecule has 108 valence electrons. The van der Waals surface area contributed by atoms with Crippen molar-refractivity contribution in [1.82, 2.24) is 15.5 Å². The van der Waals surface area contributed by atoms with E-state index >= 15 is 0 Å².